The highest BCUT2D eigenvalue weighted by molar-refractivity contribution is 5.78. The van der Waals surface area contributed by atoms with E-state index in [-0.39, 0.29) is 66.8 Å². The van der Waals surface area contributed by atoms with Crippen LogP contribution in [-0.2, 0) is 28.5 Å². The average Bonchev–Trinajstić information content (AvgIpc) is 3.33. The molecule has 7 fully saturated rings. The number of esters is 2. The molecule has 70 heavy (non-hydrogen) atoms. The van der Waals surface area contributed by atoms with Gasteiger partial charge in [0, 0.05) is 0 Å². The number of carbonyl (C=O) groups is 2. The van der Waals surface area contributed by atoms with Gasteiger partial charge in [0.2, 0.25) is 0 Å². The topological polar surface area (TPSA) is 112 Å². The van der Waals surface area contributed by atoms with Crippen molar-refractivity contribution in [2.75, 3.05) is 26.4 Å². The van der Waals surface area contributed by atoms with Crippen molar-refractivity contribution in [1.82, 2.24) is 0 Å². The molecule has 7 aliphatic carbocycles. The van der Waals surface area contributed by atoms with E-state index in [1.165, 1.54) is 57.8 Å². The summed E-state index contributed by atoms with van der Waals surface area (Å²) in [4.78, 5) is 27.9. The van der Waals surface area contributed by atoms with E-state index in [9.17, 15) is 19.8 Å². The molecule has 0 saturated heterocycles. The highest BCUT2D eigenvalue weighted by Gasteiger charge is 2.61. The fourth-order valence-corrected chi connectivity index (χ4v) is 18.5. The molecule has 404 valence electrons. The number of ether oxygens (including phenoxy) is 4. The number of aliphatic hydroxyl groups excluding tert-OH is 2. The van der Waals surface area contributed by atoms with E-state index in [2.05, 4.69) is 83.1 Å². The van der Waals surface area contributed by atoms with Crippen molar-refractivity contribution in [1.29, 1.82) is 0 Å². The summed E-state index contributed by atoms with van der Waals surface area (Å²) in [5.74, 6) is 7.62. The summed E-state index contributed by atoms with van der Waals surface area (Å²) in [6.45, 7) is 29.0. The zero-order chi connectivity index (χ0) is 50.8. The first-order chi connectivity index (χ1) is 33.1. The van der Waals surface area contributed by atoms with Crippen LogP contribution in [0, 0.1) is 98.1 Å². The van der Waals surface area contributed by atoms with Crippen molar-refractivity contribution >= 4 is 11.9 Å². The van der Waals surface area contributed by atoms with Crippen LogP contribution in [0.15, 0.2) is 0 Å². The Morgan fingerprint density at radius 1 is 0.600 bits per heavy atom. The van der Waals surface area contributed by atoms with Crippen LogP contribution in [-0.4, -0.2) is 73.0 Å². The number of hydrogen-bond donors (Lipinski definition) is 2. The fraction of sp³-hybridized carbons (Fsp3) is 0.968. The SMILES string of the molecule is CCC1C(CC(C)C(C)C)CCC2C(C)(C(=O)OCC(O)COC3CCC(C(C)(C)C4CCC(OCC(O)COC(=O)C5(C)CCCC6(C)C7CCC(C(C)C)CC7CCC56)CC4)CC3)CCCC12C. The Balaban J connectivity index is 0.780. The van der Waals surface area contributed by atoms with Gasteiger partial charge in [-0.15, -0.1) is 0 Å². The molecule has 0 amide bonds. The van der Waals surface area contributed by atoms with Gasteiger partial charge in [-0.3, -0.25) is 9.59 Å². The third-order valence-electron chi connectivity index (χ3n) is 23.3. The minimum atomic E-state index is -0.817. The van der Waals surface area contributed by atoms with Gasteiger partial charge in [-0.1, -0.05) is 88.5 Å². The van der Waals surface area contributed by atoms with Crippen LogP contribution in [0.4, 0.5) is 0 Å². The second-order valence-electron chi connectivity index (χ2n) is 28.2. The van der Waals surface area contributed by atoms with E-state index in [0.717, 1.165) is 125 Å². The minimum Gasteiger partial charge on any atom is -0.462 e. The van der Waals surface area contributed by atoms with Crippen LogP contribution >= 0.6 is 0 Å². The van der Waals surface area contributed by atoms with Crippen LogP contribution in [0.5, 0.6) is 0 Å². The Bertz CT molecular complexity index is 1680. The van der Waals surface area contributed by atoms with Crippen LogP contribution < -0.4 is 0 Å². The molecule has 14 atom stereocenters. The maximum absolute atomic E-state index is 14.0. The first-order valence-electron chi connectivity index (χ1n) is 30.0. The Morgan fingerprint density at radius 2 is 1.09 bits per heavy atom. The molecule has 0 radical (unpaired) electrons. The number of aliphatic hydroxyl groups is 2. The van der Waals surface area contributed by atoms with Crippen molar-refractivity contribution in [2.45, 2.75) is 255 Å². The van der Waals surface area contributed by atoms with E-state index in [0.29, 0.717) is 35.5 Å². The van der Waals surface area contributed by atoms with E-state index in [1.807, 2.05) is 0 Å². The molecule has 7 aliphatic rings. The minimum absolute atomic E-state index is 0.00398. The summed E-state index contributed by atoms with van der Waals surface area (Å²) < 4.78 is 24.6. The van der Waals surface area contributed by atoms with Gasteiger partial charge < -0.3 is 29.2 Å². The molecule has 0 bridgehead atoms. The van der Waals surface area contributed by atoms with Crippen LogP contribution in [0.2, 0.25) is 0 Å². The number of hydrogen-bond acceptors (Lipinski definition) is 8. The molecular formula is C62H108O8. The molecule has 0 heterocycles. The maximum atomic E-state index is 14.0. The summed E-state index contributed by atoms with van der Waals surface area (Å²) in [7, 11) is 0. The molecule has 0 aromatic rings. The van der Waals surface area contributed by atoms with E-state index >= 15 is 0 Å². The van der Waals surface area contributed by atoms with E-state index in [1.54, 1.807) is 0 Å². The number of rotatable bonds is 19. The van der Waals surface area contributed by atoms with Gasteiger partial charge in [-0.05, 0) is 230 Å². The summed E-state index contributed by atoms with van der Waals surface area (Å²) in [5, 5.41) is 22.0. The molecule has 14 unspecified atom stereocenters. The highest BCUT2D eigenvalue weighted by Crippen LogP contribution is 2.66. The lowest BCUT2D eigenvalue weighted by Gasteiger charge is -2.61. The van der Waals surface area contributed by atoms with E-state index in [4.69, 9.17) is 18.9 Å². The molecular weight excluding hydrogens is 873 g/mol. The normalized spacial score (nSPS) is 41.7. The predicted molar refractivity (Wildman–Crippen MR) is 282 cm³/mol. The lowest BCUT2D eigenvalue weighted by Crippen LogP contribution is -2.56. The van der Waals surface area contributed by atoms with Crippen molar-refractivity contribution in [3.05, 3.63) is 0 Å². The first kappa shape index (κ1) is 56.5. The molecule has 0 aromatic carbocycles. The quantitative estimate of drug-likeness (QED) is 0.123. The Hall–Kier alpha value is -1.22. The van der Waals surface area contributed by atoms with Crippen LogP contribution in [0.1, 0.15) is 231 Å². The summed E-state index contributed by atoms with van der Waals surface area (Å²) in [6, 6.07) is 0. The Kier molecular flexibility index (Phi) is 18.8. The zero-order valence-corrected chi connectivity index (χ0v) is 47.2. The van der Waals surface area contributed by atoms with Crippen molar-refractivity contribution < 1.29 is 38.7 Å². The third-order valence-corrected chi connectivity index (χ3v) is 23.3. The van der Waals surface area contributed by atoms with Gasteiger partial charge in [0.1, 0.15) is 25.4 Å². The smallest absolute Gasteiger partial charge is 0.312 e. The Morgan fingerprint density at radius 3 is 1.57 bits per heavy atom. The molecule has 8 heteroatoms. The van der Waals surface area contributed by atoms with Crippen molar-refractivity contribution in [3.63, 3.8) is 0 Å². The highest BCUT2D eigenvalue weighted by atomic mass is 16.6. The van der Waals surface area contributed by atoms with Crippen LogP contribution in [0.25, 0.3) is 0 Å². The Labute approximate surface area is 428 Å². The number of carbonyl (C=O) groups excluding carboxylic acids is 2. The van der Waals surface area contributed by atoms with Crippen LogP contribution in [0.3, 0.4) is 0 Å². The standard InChI is InChI=1S/C62H108O8/c1-13-52-44(34-42(6)40(2)3)17-28-54-59(52,9)30-14-32-61(54,11)56(65)69-38-48(63)36-67-50-23-19-46(20-24-50)58(7,8)47-21-25-51(26-22-47)68-37-49(64)39-70-57(66)62(12)33-15-31-60(10)53-27-16-43(41(4)5)35-45(53)18-29-55(60)62/h40-55,63-64H,13-39H2,1-12H3. The van der Waals surface area contributed by atoms with Gasteiger partial charge in [-0.25, -0.2) is 0 Å². The molecule has 0 aliphatic heterocycles. The van der Waals surface area contributed by atoms with Gasteiger partial charge >= 0.3 is 11.9 Å². The third kappa shape index (κ3) is 11.9. The average molecular weight is 982 g/mol. The summed E-state index contributed by atoms with van der Waals surface area (Å²) in [6.07, 6.45) is 24.6. The number of fused-ring (bicyclic) bond motifs is 4. The molecule has 0 aromatic heterocycles. The first-order valence-corrected chi connectivity index (χ1v) is 30.0. The second kappa shape index (κ2) is 23.3. The van der Waals surface area contributed by atoms with Gasteiger partial charge in [-0.2, -0.15) is 0 Å². The maximum Gasteiger partial charge on any atom is 0.312 e. The predicted octanol–water partition coefficient (Wildman–Crippen LogP) is 14.2. The van der Waals surface area contributed by atoms with E-state index < -0.39 is 23.0 Å². The van der Waals surface area contributed by atoms with Gasteiger partial charge in [0.05, 0.1) is 36.3 Å². The zero-order valence-electron chi connectivity index (χ0n) is 47.2. The lowest BCUT2D eigenvalue weighted by atomic mass is 9.43. The van der Waals surface area contributed by atoms with Gasteiger partial charge in [0.15, 0.2) is 0 Å². The molecule has 0 spiro atoms. The molecule has 7 rings (SSSR count). The lowest BCUT2D eigenvalue weighted by molar-refractivity contribution is -0.182. The molecule has 7 saturated carbocycles. The summed E-state index contributed by atoms with van der Waals surface area (Å²) >= 11 is 0. The molecule has 2 N–H and O–H groups in total. The van der Waals surface area contributed by atoms with Crippen molar-refractivity contribution in [2.24, 2.45) is 98.1 Å². The fourth-order valence-electron chi connectivity index (χ4n) is 18.5. The summed E-state index contributed by atoms with van der Waals surface area (Å²) in [5.41, 5.74) is -0.422. The second-order valence-corrected chi connectivity index (χ2v) is 28.2. The largest absolute Gasteiger partial charge is 0.462 e. The van der Waals surface area contributed by atoms with Gasteiger partial charge in [0.25, 0.3) is 0 Å². The molecule has 8 nitrogen and oxygen atoms in total. The monoisotopic (exact) mass is 981 g/mol. The van der Waals surface area contributed by atoms with Crippen molar-refractivity contribution in [3.8, 4) is 0 Å².